The molecule has 2 rings (SSSR count). The Labute approximate surface area is 108 Å². The summed E-state index contributed by atoms with van der Waals surface area (Å²) >= 11 is 0. The van der Waals surface area contributed by atoms with Gasteiger partial charge in [0.05, 0.1) is 5.56 Å². The Hall–Kier alpha value is -2.63. The average Bonchev–Trinajstić information content (AvgIpc) is 2.46. The van der Waals surface area contributed by atoms with Crippen LogP contribution in [0.3, 0.4) is 0 Å². The van der Waals surface area contributed by atoms with E-state index in [1.807, 2.05) is 0 Å². The maximum atomic E-state index is 13.3. The van der Waals surface area contributed by atoms with E-state index < -0.39 is 5.91 Å². The Morgan fingerprint density at radius 3 is 2.84 bits per heavy atom. The van der Waals surface area contributed by atoms with E-state index in [0.29, 0.717) is 5.56 Å². The third-order valence-corrected chi connectivity index (χ3v) is 2.40. The fraction of sp³-hybridized carbons (Fsp3) is 0.0769. The minimum Gasteiger partial charge on any atom is -0.473 e. The van der Waals surface area contributed by atoms with Crippen molar-refractivity contribution in [1.82, 2.24) is 4.98 Å². The van der Waals surface area contributed by atoms with E-state index in [1.165, 1.54) is 24.4 Å². The Bertz CT molecular complexity index is 616. The Morgan fingerprint density at radius 1 is 1.32 bits per heavy atom. The molecule has 0 saturated carbocycles. The van der Waals surface area contributed by atoms with Crippen LogP contribution in [0.1, 0.15) is 15.9 Å². The number of rotatable bonds is 4. The second-order valence-corrected chi connectivity index (χ2v) is 3.66. The number of halogens is 1. The van der Waals surface area contributed by atoms with E-state index in [1.54, 1.807) is 18.2 Å². The molecule has 6 heteroatoms. The second kappa shape index (κ2) is 5.81. The molecule has 96 valence electrons. The first-order valence-electron chi connectivity index (χ1n) is 5.40. The van der Waals surface area contributed by atoms with Gasteiger partial charge in [0.1, 0.15) is 12.4 Å². The normalized spacial score (nSPS) is 9.95. The lowest BCUT2D eigenvalue weighted by Gasteiger charge is -2.06. The lowest BCUT2D eigenvalue weighted by atomic mass is 10.2. The molecule has 1 aromatic heterocycles. The zero-order chi connectivity index (χ0) is 13.7. The molecule has 0 fully saturated rings. The van der Waals surface area contributed by atoms with Crippen LogP contribution in [-0.4, -0.2) is 10.9 Å². The molecule has 1 aromatic carbocycles. The number of amides is 1. The molecule has 0 spiro atoms. The summed E-state index contributed by atoms with van der Waals surface area (Å²) in [6.07, 6.45) is 1.31. The monoisotopic (exact) mass is 260 g/mol. The molecule has 5 nitrogen and oxygen atoms in total. The van der Waals surface area contributed by atoms with Gasteiger partial charge in [-0.15, -0.1) is 4.91 Å². The van der Waals surface area contributed by atoms with E-state index in [4.69, 9.17) is 4.74 Å². The number of nitroso groups, excluding NO2 is 1. The number of aromatic nitrogens is 1. The van der Waals surface area contributed by atoms with Crippen LogP contribution in [0, 0.1) is 10.7 Å². The average molecular weight is 260 g/mol. The third-order valence-electron chi connectivity index (χ3n) is 2.40. The highest BCUT2D eigenvalue weighted by atomic mass is 19.1. The van der Waals surface area contributed by atoms with Gasteiger partial charge in [0.2, 0.25) is 5.88 Å². The van der Waals surface area contributed by atoms with Gasteiger partial charge in [-0.1, -0.05) is 18.2 Å². The Balaban J connectivity index is 2.10. The maximum Gasteiger partial charge on any atom is 0.317 e. The van der Waals surface area contributed by atoms with Crippen molar-refractivity contribution < 1.29 is 13.9 Å². The largest absolute Gasteiger partial charge is 0.473 e. The number of hydrogen-bond donors (Lipinski definition) is 0. The molecule has 19 heavy (non-hydrogen) atoms. The van der Waals surface area contributed by atoms with Crippen molar-refractivity contribution in [2.24, 2.45) is 5.18 Å². The van der Waals surface area contributed by atoms with Crippen molar-refractivity contribution in [2.75, 3.05) is 0 Å². The molecular formula is C13H9FN2O3. The molecule has 0 aliphatic rings. The molecule has 2 aromatic rings. The minimum absolute atomic E-state index is 0.0220. The number of nitrogens with zero attached hydrogens (tertiary/aromatic N) is 2. The SMILES string of the molecule is O=NC(=O)c1ccnc(OCc2ccccc2F)c1. The van der Waals surface area contributed by atoms with Crippen LogP contribution < -0.4 is 4.74 Å². The molecule has 0 radical (unpaired) electrons. The predicted octanol–water partition coefficient (Wildman–Crippen LogP) is 2.71. The van der Waals surface area contributed by atoms with Crippen LogP contribution in [0.15, 0.2) is 47.8 Å². The van der Waals surface area contributed by atoms with Gasteiger partial charge in [-0.25, -0.2) is 9.37 Å². The van der Waals surface area contributed by atoms with Crippen molar-refractivity contribution in [2.45, 2.75) is 6.61 Å². The van der Waals surface area contributed by atoms with E-state index >= 15 is 0 Å². The van der Waals surface area contributed by atoms with Gasteiger partial charge in [0.15, 0.2) is 0 Å². The molecular weight excluding hydrogens is 251 g/mol. The molecule has 0 bridgehead atoms. The fourth-order valence-electron chi connectivity index (χ4n) is 1.44. The maximum absolute atomic E-state index is 13.3. The Kier molecular flexibility index (Phi) is 3.92. The Morgan fingerprint density at radius 2 is 2.11 bits per heavy atom. The van der Waals surface area contributed by atoms with E-state index in [2.05, 4.69) is 10.2 Å². The molecule has 1 amide bonds. The first-order valence-corrected chi connectivity index (χ1v) is 5.40. The summed E-state index contributed by atoms with van der Waals surface area (Å²) in [5, 5.41) is 2.30. The van der Waals surface area contributed by atoms with Gasteiger partial charge in [-0.3, -0.25) is 4.79 Å². The third kappa shape index (κ3) is 3.19. The summed E-state index contributed by atoms with van der Waals surface area (Å²) in [7, 11) is 0. The number of hydrogen-bond acceptors (Lipinski definition) is 4. The second-order valence-electron chi connectivity index (χ2n) is 3.66. The summed E-state index contributed by atoms with van der Waals surface area (Å²) < 4.78 is 18.6. The minimum atomic E-state index is -0.904. The van der Waals surface area contributed by atoms with E-state index in [0.717, 1.165) is 0 Å². The van der Waals surface area contributed by atoms with Crippen molar-refractivity contribution in [3.8, 4) is 5.88 Å². The van der Waals surface area contributed by atoms with Crippen molar-refractivity contribution in [3.05, 3.63) is 64.4 Å². The van der Waals surface area contributed by atoms with Gasteiger partial charge in [0.25, 0.3) is 0 Å². The molecule has 0 N–H and O–H groups in total. The summed E-state index contributed by atoms with van der Waals surface area (Å²) in [5.74, 6) is -1.17. The first kappa shape index (κ1) is 12.8. The molecule has 1 heterocycles. The number of ether oxygens (including phenoxy) is 1. The summed E-state index contributed by atoms with van der Waals surface area (Å²) in [4.78, 5) is 25.1. The van der Waals surface area contributed by atoms with Gasteiger partial charge < -0.3 is 4.74 Å². The molecule has 0 aliphatic carbocycles. The van der Waals surface area contributed by atoms with E-state index in [9.17, 15) is 14.1 Å². The smallest absolute Gasteiger partial charge is 0.317 e. The molecule has 0 atom stereocenters. The standard InChI is InChI=1S/C13H9FN2O3/c14-11-4-2-1-3-10(11)8-19-12-7-9(5-6-15-12)13(17)16-18/h1-7H,8H2. The summed E-state index contributed by atoms with van der Waals surface area (Å²) in [6.45, 7) is -0.0220. The summed E-state index contributed by atoms with van der Waals surface area (Å²) in [5.41, 5.74) is 0.447. The lowest BCUT2D eigenvalue weighted by Crippen LogP contribution is -2.01. The van der Waals surface area contributed by atoms with Gasteiger partial charge >= 0.3 is 5.91 Å². The molecule has 0 unspecified atom stereocenters. The number of pyridine rings is 1. The highest BCUT2D eigenvalue weighted by Crippen LogP contribution is 2.14. The number of carbonyl (C=O) groups excluding carboxylic acids is 1. The van der Waals surface area contributed by atoms with Crippen molar-refractivity contribution in [3.63, 3.8) is 0 Å². The zero-order valence-electron chi connectivity index (χ0n) is 9.75. The first-order chi connectivity index (χ1) is 9.20. The number of benzene rings is 1. The van der Waals surface area contributed by atoms with Gasteiger partial charge in [0, 0.05) is 23.0 Å². The van der Waals surface area contributed by atoms with Crippen molar-refractivity contribution in [1.29, 1.82) is 0 Å². The van der Waals surface area contributed by atoms with Crippen LogP contribution in [0.4, 0.5) is 4.39 Å². The van der Waals surface area contributed by atoms with Crippen LogP contribution in [0.2, 0.25) is 0 Å². The zero-order valence-corrected chi connectivity index (χ0v) is 9.75. The fourth-order valence-corrected chi connectivity index (χ4v) is 1.44. The van der Waals surface area contributed by atoms with Gasteiger partial charge in [-0.2, -0.15) is 0 Å². The topological polar surface area (TPSA) is 68.6 Å². The predicted molar refractivity (Wildman–Crippen MR) is 65.1 cm³/mol. The highest BCUT2D eigenvalue weighted by molar-refractivity contribution is 5.94. The van der Waals surface area contributed by atoms with Crippen molar-refractivity contribution >= 4 is 5.91 Å². The molecule has 0 saturated heterocycles. The van der Waals surface area contributed by atoms with E-state index in [-0.39, 0.29) is 23.9 Å². The molecule has 0 aliphatic heterocycles. The summed E-state index contributed by atoms with van der Waals surface area (Å²) in [6, 6.07) is 8.79. The lowest BCUT2D eigenvalue weighted by molar-refractivity contribution is 0.1000. The number of carbonyl (C=O) groups is 1. The van der Waals surface area contributed by atoms with Gasteiger partial charge in [-0.05, 0) is 12.1 Å². The van der Waals surface area contributed by atoms with Crippen LogP contribution >= 0.6 is 0 Å². The van der Waals surface area contributed by atoms with Crippen LogP contribution in [-0.2, 0) is 6.61 Å². The van der Waals surface area contributed by atoms with Crippen LogP contribution in [0.25, 0.3) is 0 Å². The van der Waals surface area contributed by atoms with Crippen LogP contribution in [0.5, 0.6) is 5.88 Å². The quantitative estimate of drug-likeness (QED) is 0.792. The highest BCUT2D eigenvalue weighted by Gasteiger charge is 2.08.